The van der Waals surface area contributed by atoms with E-state index in [2.05, 4.69) is 17.4 Å². The molecule has 0 saturated heterocycles. The number of aryl methyl sites for hydroxylation is 2. The number of nitrogens with one attached hydrogen (secondary N) is 1. The van der Waals surface area contributed by atoms with E-state index in [0.29, 0.717) is 17.9 Å². The number of carbonyl (C=O) groups is 1. The summed E-state index contributed by atoms with van der Waals surface area (Å²) in [5.74, 6) is 1.44. The summed E-state index contributed by atoms with van der Waals surface area (Å²) in [5.41, 5.74) is 2.44. The maximum Gasteiger partial charge on any atom is 0.251 e. The number of amides is 1. The van der Waals surface area contributed by atoms with Crippen molar-refractivity contribution < 1.29 is 14.1 Å². The lowest BCUT2D eigenvalue weighted by atomic mass is 10.2. The largest absolute Gasteiger partial charge is 0.489 e. The first-order chi connectivity index (χ1) is 11.1. The van der Waals surface area contributed by atoms with Crippen LogP contribution in [0.2, 0.25) is 0 Å². The Morgan fingerprint density at radius 2 is 1.96 bits per heavy atom. The van der Waals surface area contributed by atoms with Crippen molar-refractivity contribution in [1.82, 2.24) is 10.5 Å². The molecule has 23 heavy (non-hydrogen) atoms. The summed E-state index contributed by atoms with van der Waals surface area (Å²) in [5, 5.41) is 6.82. The Kier molecular flexibility index (Phi) is 6.20. The second-order valence-corrected chi connectivity index (χ2v) is 5.58. The SMILES string of the molecule is CCCCCNC(=O)c1ccc(OCc2c(C)noc2C)cc1. The summed E-state index contributed by atoms with van der Waals surface area (Å²) in [6.07, 6.45) is 3.29. The van der Waals surface area contributed by atoms with E-state index in [0.717, 1.165) is 42.8 Å². The van der Waals surface area contributed by atoms with Gasteiger partial charge < -0.3 is 14.6 Å². The molecule has 5 heteroatoms. The fourth-order valence-corrected chi connectivity index (χ4v) is 2.24. The maximum atomic E-state index is 12.0. The van der Waals surface area contributed by atoms with Crippen molar-refractivity contribution in [3.05, 3.63) is 46.8 Å². The molecule has 0 aliphatic carbocycles. The van der Waals surface area contributed by atoms with Gasteiger partial charge in [0, 0.05) is 12.1 Å². The summed E-state index contributed by atoms with van der Waals surface area (Å²) in [6.45, 7) is 7.02. The monoisotopic (exact) mass is 316 g/mol. The summed E-state index contributed by atoms with van der Waals surface area (Å²) < 4.78 is 10.8. The Hall–Kier alpha value is -2.30. The van der Waals surface area contributed by atoms with Gasteiger partial charge in [0.2, 0.25) is 0 Å². The van der Waals surface area contributed by atoms with Crippen LogP contribution in [0.25, 0.3) is 0 Å². The van der Waals surface area contributed by atoms with E-state index >= 15 is 0 Å². The number of ether oxygens (including phenoxy) is 1. The third kappa shape index (κ3) is 4.84. The van der Waals surface area contributed by atoms with Crippen molar-refractivity contribution in [2.45, 2.75) is 46.6 Å². The van der Waals surface area contributed by atoms with Crippen LogP contribution >= 0.6 is 0 Å². The van der Waals surface area contributed by atoms with Crippen LogP contribution in [-0.4, -0.2) is 17.6 Å². The fraction of sp³-hybridized carbons (Fsp3) is 0.444. The standard InChI is InChI=1S/C18H24N2O3/c1-4-5-6-11-19-18(21)15-7-9-16(10-8-15)22-12-17-13(2)20-23-14(17)3/h7-10H,4-6,11-12H2,1-3H3,(H,19,21). The minimum atomic E-state index is -0.0432. The van der Waals surface area contributed by atoms with Crippen LogP contribution in [0.1, 0.15) is 53.6 Å². The molecule has 2 rings (SSSR count). The first kappa shape index (κ1) is 17.1. The molecule has 0 atom stereocenters. The molecule has 1 heterocycles. The normalized spacial score (nSPS) is 10.6. The van der Waals surface area contributed by atoms with Crippen LogP contribution in [0.3, 0.4) is 0 Å². The number of hydrogen-bond donors (Lipinski definition) is 1. The summed E-state index contributed by atoms with van der Waals surface area (Å²) in [7, 11) is 0. The average Bonchev–Trinajstić information content (AvgIpc) is 2.88. The number of aromatic nitrogens is 1. The van der Waals surface area contributed by atoms with Gasteiger partial charge in [-0.05, 0) is 44.5 Å². The molecule has 1 amide bonds. The number of nitrogens with zero attached hydrogens (tertiary/aromatic N) is 1. The third-order valence-corrected chi connectivity index (χ3v) is 3.75. The maximum absolute atomic E-state index is 12.0. The van der Waals surface area contributed by atoms with Crippen molar-refractivity contribution in [1.29, 1.82) is 0 Å². The molecule has 5 nitrogen and oxygen atoms in total. The second kappa shape index (κ2) is 8.36. The van der Waals surface area contributed by atoms with Crippen LogP contribution < -0.4 is 10.1 Å². The summed E-state index contributed by atoms with van der Waals surface area (Å²) >= 11 is 0. The molecule has 2 aromatic rings. The van der Waals surface area contributed by atoms with Crippen molar-refractivity contribution in [3.8, 4) is 5.75 Å². The van der Waals surface area contributed by atoms with Crippen LogP contribution in [0.5, 0.6) is 5.75 Å². The lowest BCUT2D eigenvalue weighted by molar-refractivity contribution is 0.0953. The first-order valence-corrected chi connectivity index (χ1v) is 8.04. The van der Waals surface area contributed by atoms with E-state index in [1.54, 1.807) is 24.3 Å². The molecule has 1 aromatic heterocycles. The van der Waals surface area contributed by atoms with Gasteiger partial charge in [-0.2, -0.15) is 0 Å². The van der Waals surface area contributed by atoms with E-state index in [1.807, 2.05) is 13.8 Å². The summed E-state index contributed by atoms with van der Waals surface area (Å²) in [6, 6.07) is 7.16. The zero-order chi connectivity index (χ0) is 16.7. The highest BCUT2D eigenvalue weighted by Gasteiger charge is 2.10. The van der Waals surface area contributed by atoms with E-state index in [9.17, 15) is 4.79 Å². The minimum absolute atomic E-state index is 0.0432. The van der Waals surface area contributed by atoms with Crippen molar-refractivity contribution in [3.63, 3.8) is 0 Å². The molecule has 124 valence electrons. The van der Waals surface area contributed by atoms with Crippen molar-refractivity contribution in [2.24, 2.45) is 0 Å². The highest BCUT2D eigenvalue weighted by Crippen LogP contribution is 2.18. The first-order valence-electron chi connectivity index (χ1n) is 8.04. The molecule has 0 bridgehead atoms. The molecular weight excluding hydrogens is 292 g/mol. The van der Waals surface area contributed by atoms with Gasteiger partial charge in [-0.1, -0.05) is 24.9 Å². The molecule has 0 unspecified atom stereocenters. The number of hydrogen-bond acceptors (Lipinski definition) is 4. The van der Waals surface area contributed by atoms with Gasteiger partial charge in [0.05, 0.1) is 11.3 Å². The molecular formula is C18H24N2O3. The quantitative estimate of drug-likeness (QED) is 0.753. The molecule has 0 aliphatic rings. The highest BCUT2D eigenvalue weighted by atomic mass is 16.5. The zero-order valence-electron chi connectivity index (χ0n) is 14.0. The lowest BCUT2D eigenvalue weighted by Crippen LogP contribution is -2.24. The van der Waals surface area contributed by atoms with Gasteiger partial charge in [-0.3, -0.25) is 4.79 Å². The second-order valence-electron chi connectivity index (χ2n) is 5.58. The number of benzene rings is 1. The Morgan fingerprint density at radius 3 is 2.57 bits per heavy atom. The number of rotatable bonds is 8. The average molecular weight is 316 g/mol. The van der Waals surface area contributed by atoms with Crippen molar-refractivity contribution >= 4 is 5.91 Å². The Balaban J connectivity index is 1.85. The number of carbonyl (C=O) groups excluding carboxylic acids is 1. The molecule has 0 aliphatic heterocycles. The van der Waals surface area contributed by atoms with E-state index < -0.39 is 0 Å². The zero-order valence-corrected chi connectivity index (χ0v) is 14.0. The fourth-order valence-electron chi connectivity index (χ4n) is 2.24. The summed E-state index contributed by atoms with van der Waals surface area (Å²) in [4.78, 5) is 12.0. The third-order valence-electron chi connectivity index (χ3n) is 3.75. The van der Waals surface area contributed by atoms with Crippen LogP contribution in [0.15, 0.2) is 28.8 Å². The van der Waals surface area contributed by atoms with Crippen LogP contribution in [-0.2, 0) is 6.61 Å². The van der Waals surface area contributed by atoms with Gasteiger partial charge in [-0.25, -0.2) is 0 Å². The van der Waals surface area contributed by atoms with E-state index in [1.165, 1.54) is 0 Å². The Morgan fingerprint density at radius 1 is 1.22 bits per heavy atom. The highest BCUT2D eigenvalue weighted by molar-refractivity contribution is 5.94. The predicted octanol–water partition coefficient (Wildman–Crippen LogP) is 3.79. The Bertz CT molecular complexity index is 613. The molecule has 0 radical (unpaired) electrons. The van der Waals surface area contributed by atoms with E-state index in [-0.39, 0.29) is 5.91 Å². The van der Waals surface area contributed by atoms with Crippen LogP contribution in [0, 0.1) is 13.8 Å². The molecule has 0 saturated carbocycles. The van der Waals surface area contributed by atoms with Gasteiger partial charge in [-0.15, -0.1) is 0 Å². The number of unbranched alkanes of at least 4 members (excludes halogenated alkanes) is 2. The lowest BCUT2D eigenvalue weighted by Gasteiger charge is -2.08. The van der Waals surface area contributed by atoms with Gasteiger partial charge >= 0.3 is 0 Å². The minimum Gasteiger partial charge on any atom is -0.489 e. The van der Waals surface area contributed by atoms with E-state index in [4.69, 9.17) is 9.26 Å². The van der Waals surface area contributed by atoms with Gasteiger partial charge in [0.1, 0.15) is 18.1 Å². The Labute approximate surface area is 137 Å². The molecule has 1 N–H and O–H groups in total. The molecule has 0 spiro atoms. The molecule has 1 aromatic carbocycles. The predicted molar refractivity (Wildman–Crippen MR) is 88.6 cm³/mol. The van der Waals surface area contributed by atoms with Gasteiger partial charge in [0.15, 0.2) is 0 Å². The molecule has 0 fully saturated rings. The van der Waals surface area contributed by atoms with Crippen LogP contribution in [0.4, 0.5) is 0 Å². The van der Waals surface area contributed by atoms with Crippen molar-refractivity contribution in [2.75, 3.05) is 6.54 Å². The smallest absolute Gasteiger partial charge is 0.251 e. The topological polar surface area (TPSA) is 64.4 Å². The van der Waals surface area contributed by atoms with Gasteiger partial charge in [0.25, 0.3) is 5.91 Å².